The van der Waals surface area contributed by atoms with Crippen LogP contribution in [0.15, 0.2) is 48.5 Å². The quantitative estimate of drug-likeness (QED) is 0.807. The lowest BCUT2D eigenvalue weighted by Gasteiger charge is -2.20. The Morgan fingerprint density at radius 3 is 2.62 bits per heavy atom. The van der Waals surface area contributed by atoms with Crippen molar-refractivity contribution in [2.45, 2.75) is 18.9 Å². The molecule has 1 atom stereocenters. The molecule has 0 aromatic heterocycles. The number of carbonyl (C=O) groups is 2. The van der Waals surface area contributed by atoms with Crippen molar-refractivity contribution in [3.05, 3.63) is 53.6 Å². The van der Waals surface area contributed by atoms with Gasteiger partial charge in [0.2, 0.25) is 5.91 Å². The number of hydrogen-bond acceptors (Lipinski definition) is 4. The van der Waals surface area contributed by atoms with E-state index in [1.807, 2.05) is 12.1 Å². The molecule has 1 heterocycles. The lowest BCUT2D eigenvalue weighted by Crippen LogP contribution is -2.40. The highest BCUT2D eigenvalue weighted by Crippen LogP contribution is 2.29. The number of rotatable bonds is 6. The van der Waals surface area contributed by atoms with Gasteiger partial charge in [0.05, 0.1) is 11.6 Å². The van der Waals surface area contributed by atoms with Crippen LogP contribution >= 0.6 is 11.6 Å². The van der Waals surface area contributed by atoms with Gasteiger partial charge in [-0.3, -0.25) is 14.5 Å². The number of nitrogens with zero attached hydrogens (tertiary/aromatic N) is 1. The van der Waals surface area contributed by atoms with Crippen LogP contribution in [0.1, 0.15) is 12.8 Å². The van der Waals surface area contributed by atoms with Gasteiger partial charge >= 0.3 is 5.97 Å². The van der Waals surface area contributed by atoms with Gasteiger partial charge in [-0.1, -0.05) is 23.7 Å². The molecule has 2 aromatic carbocycles. The zero-order chi connectivity index (χ0) is 18.5. The Morgan fingerprint density at radius 2 is 1.92 bits per heavy atom. The standard InChI is InChI=1S/C19H19ClN2O4/c20-15-4-1-2-6-17(15)26-14-9-7-13(8-10-14)21-18(23)12-22-11-3-5-16(22)19(24)25/h1-2,4,6-10,16H,3,5,11-12H2,(H,21,23)(H,24,25). The molecule has 2 N–H and O–H groups in total. The second-order valence-corrected chi connectivity index (χ2v) is 6.48. The van der Waals surface area contributed by atoms with Crippen molar-refractivity contribution in [2.75, 3.05) is 18.4 Å². The molecule has 1 aliphatic rings. The van der Waals surface area contributed by atoms with Crippen LogP contribution in [0.2, 0.25) is 5.02 Å². The Hall–Kier alpha value is -2.57. The van der Waals surface area contributed by atoms with Gasteiger partial charge < -0.3 is 15.2 Å². The molecule has 1 saturated heterocycles. The van der Waals surface area contributed by atoms with E-state index in [1.54, 1.807) is 41.3 Å². The van der Waals surface area contributed by atoms with Gasteiger partial charge in [0, 0.05) is 5.69 Å². The number of aliphatic carboxylic acids is 1. The van der Waals surface area contributed by atoms with Crippen LogP contribution in [0.5, 0.6) is 11.5 Å². The normalized spacial score (nSPS) is 17.0. The highest BCUT2D eigenvalue weighted by atomic mass is 35.5. The van der Waals surface area contributed by atoms with E-state index in [9.17, 15) is 9.59 Å². The number of carboxylic acid groups (broad SMARTS) is 1. The van der Waals surface area contributed by atoms with Crippen molar-refractivity contribution in [2.24, 2.45) is 0 Å². The monoisotopic (exact) mass is 374 g/mol. The largest absolute Gasteiger partial charge is 0.480 e. The Bertz CT molecular complexity index is 794. The molecule has 1 unspecified atom stereocenters. The summed E-state index contributed by atoms with van der Waals surface area (Å²) in [4.78, 5) is 25.0. The fourth-order valence-corrected chi connectivity index (χ4v) is 3.12. The van der Waals surface area contributed by atoms with E-state index < -0.39 is 12.0 Å². The summed E-state index contributed by atoms with van der Waals surface area (Å²) < 4.78 is 5.70. The predicted octanol–water partition coefficient (Wildman–Crippen LogP) is 3.62. The van der Waals surface area contributed by atoms with E-state index in [4.69, 9.17) is 21.4 Å². The molecule has 1 amide bonds. The molecule has 2 aromatic rings. The molecular weight excluding hydrogens is 356 g/mol. The summed E-state index contributed by atoms with van der Waals surface area (Å²) in [5.74, 6) is 0.0376. The first-order valence-corrected chi connectivity index (χ1v) is 8.70. The second-order valence-electron chi connectivity index (χ2n) is 6.07. The molecule has 0 saturated carbocycles. The number of ether oxygens (including phenoxy) is 1. The number of carbonyl (C=O) groups excluding carboxylic acids is 1. The minimum absolute atomic E-state index is 0.0643. The molecule has 0 radical (unpaired) electrons. The van der Waals surface area contributed by atoms with Crippen molar-refractivity contribution in [1.29, 1.82) is 0 Å². The molecule has 7 heteroatoms. The summed E-state index contributed by atoms with van der Waals surface area (Å²) in [5.41, 5.74) is 0.618. The minimum Gasteiger partial charge on any atom is -0.480 e. The smallest absolute Gasteiger partial charge is 0.320 e. The number of hydrogen-bond donors (Lipinski definition) is 2. The van der Waals surface area contributed by atoms with Crippen LogP contribution < -0.4 is 10.1 Å². The topological polar surface area (TPSA) is 78.9 Å². The number of nitrogens with one attached hydrogen (secondary N) is 1. The molecule has 3 rings (SSSR count). The molecular formula is C19H19ClN2O4. The number of carboxylic acids is 1. The van der Waals surface area contributed by atoms with Crippen molar-refractivity contribution >= 4 is 29.2 Å². The third kappa shape index (κ3) is 4.53. The molecule has 0 aliphatic carbocycles. The first-order valence-electron chi connectivity index (χ1n) is 8.32. The van der Waals surface area contributed by atoms with E-state index in [2.05, 4.69) is 5.32 Å². The van der Waals surface area contributed by atoms with Crippen LogP contribution in [0.3, 0.4) is 0 Å². The van der Waals surface area contributed by atoms with Gasteiger partial charge in [0.1, 0.15) is 17.5 Å². The lowest BCUT2D eigenvalue weighted by atomic mass is 10.2. The molecule has 26 heavy (non-hydrogen) atoms. The summed E-state index contributed by atoms with van der Waals surface area (Å²) in [5, 5.41) is 12.5. The maximum atomic E-state index is 12.2. The van der Waals surface area contributed by atoms with Gasteiger partial charge in [0.25, 0.3) is 0 Å². The van der Waals surface area contributed by atoms with Crippen LogP contribution in [0.4, 0.5) is 5.69 Å². The number of anilines is 1. The van der Waals surface area contributed by atoms with Crippen molar-refractivity contribution < 1.29 is 19.4 Å². The van der Waals surface area contributed by atoms with Crippen LogP contribution in [-0.4, -0.2) is 41.0 Å². The van der Waals surface area contributed by atoms with Crippen LogP contribution in [0, 0.1) is 0 Å². The summed E-state index contributed by atoms with van der Waals surface area (Å²) in [6.07, 6.45) is 1.37. The number of halogens is 1. The van der Waals surface area contributed by atoms with Gasteiger partial charge in [-0.05, 0) is 55.8 Å². The number of para-hydroxylation sites is 1. The SMILES string of the molecule is O=C(CN1CCCC1C(=O)O)Nc1ccc(Oc2ccccc2Cl)cc1. The molecule has 136 valence electrons. The maximum Gasteiger partial charge on any atom is 0.320 e. The van der Waals surface area contributed by atoms with Crippen LogP contribution in [0.25, 0.3) is 0 Å². The highest BCUT2D eigenvalue weighted by molar-refractivity contribution is 6.32. The Balaban J connectivity index is 1.56. The molecule has 0 spiro atoms. The predicted molar refractivity (Wildman–Crippen MR) is 98.8 cm³/mol. The first-order chi connectivity index (χ1) is 12.5. The second kappa shape index (κ2) is 8.21. The van der Waals surface area contributed by atoms with E-state index in [0.717, 1.165) is 6.42 Å². The van der Waals surface area contributed by atoms with Gasteiger partial charge in [-0.15, -0.1) is 0 Å². The third-order valence-electron chi connectivity index (χ3n) is 4.20. The fraction of sp³-hybridized carbons (Fsp3) is 0.263. The molecule has 6 nitrogen and oxygen atoms in total. The number of amides is 1. The molecule has 1 fully saturated rings. The maximum absolute atomic E-state index is 12.2. The summed E-state index contributed by atoms with van der Waals surface area (Å²) >= 11 is 6.06. The highest BCUT2D eigenvalue weighted by Gasteiger charge is 2.31. The Morgan fingerprint density at radius 1 is 1.19 bits per heavy atom. The van der Waals surface area contributed by atoms with E-state index >= 15 is 0 Å². The number of benzene rings is 2. The first kappa shape index (κ1) is 18.2. The average Bonchev–Trinajstić information content (AvgIpc) is 3.07. The van der Waals surface area contributed by atoms with E-state index in [1.165, 1.54) is 0 Å². The van der Waals surface area contributed by atoms with Gasteiger partial charge in [0.15, 0.2) is 0 Å². The van der Waals surface area contributed by atoms with Gasteiger partial charge in [-0.2, -0.15) is 0 Å². The van der Waals surface area contributed by atoms with Crippen molar-refractivity contribution in [1.82, 2.24) is 4.90 Å². The zero-order valence-corrected chi connectivity index (χ0v) is 14.8. The molecule has 1 aliphatic heterocycles. The zero-order valence-electron chi connectivity index (χ0n) is 14.0. The minimum atomic E-state index is -0.878. The van der Waals surface area contributed by atoms with Crippen LogP contribution in [-0.2, 0) is 9.59 Å². The molecule has 0 bridgehead atoms. The Kier molecular flexibility index (Phi) is 5.75. The van der Waals surface area contributed by atoms with E-state index in [0.29, 0.717) is 35.2 Å². The van der Waals surface area contributed by atoms with Crippen molar-refractivity contribution in [3.8, 4) is 11.5 Å². The third-order valence-corrected chi connectivity index (χ3v) is 4.51. The Labute approximate surface area is 156 Å². The lowest BCUT2D eigenvalue weighted by molar-refractivity contribution is -0.142. The summed E-state index contributed by atoms with van der Waals surface area (Å²) in [7, 11) is 0. The average molecular weight is 375 g/mol. The summed E-state index contributed by atoms with van der Waals surface area (Å²) in [6, 6.07) is 13.5. The van der Waals surface area contributed by atoms with E-state index in [-0.39, 0.29) is 12.5 Å². The summed E-state index contributed by atoms with van der Waals surface area (Å²) in [6.45, 7) is 0.684. The van der Waals surface area contributed by atoms with Crippen molar-refractivity contribution in [3.63, 3.8) is 0 Å². The number of likely N-dealkylation sites (tertiary alicyclic amines) is 1. The fourth-order valence-electron chi connectivity index (χ4n) is 2.94. The van der Waals surface area contributed by atoms with Gasteiger partial charge in [-0.25, -0.2) is 0 Å².